The second-order valence-electron chi connectivity index (χ2n) is 8.51. The molecule has 12 nitrogen and oxygen atoms in total. The number of hydrogen-bond acceptors (Lipinski definition) is 11. The van der Waals surface area contributed by atoms with Crippen LogP contribution in [0.5, 0.6) is 0 Å². The minimum Gasteiger partial charge on any atom is -0.453 e. The highest BCUT2D eigenvalue weighted by molar-refractivity contribution is 7.18. The maximum atomic E-state index is 13.3. The summed E-state index contributed by atoms with van der Waals surface area (Å²) in [7, 11) is 0. The minimum absolute atomic E-state index is 0.0281. The molecule has 1 amide bonds. The number of ether oxygens (including phenoxy) is 1. The SMILES string of the molecule is Cc1oc(=O)oc1COC(=O)C1=C(c2cn3cnc(C(=O)CO)c3s2)[C@H](C)[C@@H]2[C@@H]([C@@H](C)O)C(=O)N12. The maximum absolute atomic E-state index is 13.3. The molecule has 0 saturated carbocycles. The van der Waals surface area contributed by atoms with Crippen molar-refractivity contribution < 1.29 is 38.2 Å². The molecule has 3 aromatic rings. The summed E-state index contributed by atoms with van der Waals surface area (Å²) in [4.78, 5) is 56.0. The molecule has 0 bridgehead atoms. The van der Waals surface area contributed by atoms with Gasteiger partial charge in [-0.1, -0.05) is 6.92 Å². The Bertz CT molecular complexity index is 1460. The first-order chi connectivity index (χ1) is 16.6. The number of β-lactam (4-membered cyclic amide) rings is 1. The van der Waals surface area contributed by atoms with Crippen molar-refractivity contribution in [3.63, 3.8) is 0 Å². The Hall–Kier alpha value is -3.55. The fourth-order valence-electron chi connectivity index (χ4n) is 4.78. The van der Waals surface area contributed by atoms with Gasteiger partial charge in [-0.05, 0) is 13.8 Å². The normalized spacial score (nSPS) is 22.5. The lowest BCUT2D eigenvalue weighted by Crippen LogP contribution is -2.63. The number of aliphatic hydroxyl groups is 2. The number of Topliss-reactive ketones (excluding diaryl/α,β-unsaturated/α-hetero) is 1. The molecule has 2 N–H and O–H groups in total. The van der Waals surface area contributed by atoms with E-state index < -0.39 is 48.2 Å². The van der Waals surface area contributed by atoms with Crippen molar-refractivity contribution in [1.82, 2.24) is 14.3 Å². The number of aliphatic hydroxyl groups excluding tert-OH is 2. The van der Waals surface area contributed by atoms with Crippen molar-refractivity contribution >= 4 is 39.4 Å². The quantitative estimate of drug-likeness (QED) is 0.267. The number of carbonyl (C=O) groups excluding carboxylic acids is 3. The van der Waals surface area contributed by atoms with E-state index in [-0.39, 0.29) is 35.4 Å². The molecular formula is C22H21N3O9S. The van der Waals surface area contributed by atoms with Gasteiger partial charge in [-0.3, -0.25) is 14.0 Å². The average Bonchev–Trinajstić information content (AvgIpc) is 3.52. The van der Waals surface area contributed by atoms with Crippen LogP contribution in [0.2, 0.25) is 0 Å². The Morgan fingerprint density at radius 2 is 2.06 bits per heavy atom. The minimum atomic E-state index is -0.919. The zero-order chi connectivity index (χ0) is 25.2. The number of fused-ring (bicyclic) bond motifs is 2. The topological polar surface area (TPSA) is 165 Å². The molecule has 5 heterocycles. The van der Waals surface area contributed by atoms with Crippen molar-refractivity contribution in [2.24, 2.45) is 11.8 Å². The van der Waals surface area contributed by atoms with Crippen LogP contribution >= 0.6 is 11.3 Å². The Labute approximate surface area is 201 Å². The van der Waals surface area contributed by atoms with E-state index in [0.29, 0.717) is 15.3 Å². The highest BCUT2D eigenvalue weighted by atomic mass is 32.1. The summed E-state index contributed by atoms with van der Waals surface area (Å²) in [5.74, 6) is -3.46. The number of ketones is 1. The Balaban J connectivity index is 1.56. The molecule has 13 heteroatoms. The van der Waals surface area contributed by atoms with Crippen molar-refractivity contribution in [2.45, 2.75) is 39.5 Å². The van der Waals surface area contributed by atoms with Crippen LogP contribution < -0.4 is 5.82 Å². The van der Waals surface area contributed by atoms with Gasteiger partial charge in [-0.25, -0.2) is 14.6 Å². The summed E-state index contributed by atoms with van der Waals surface area (Å²) < 4.78 is 16.7. The third kappa shape index (κ3) is 3.46. The smallest absolute Gasteiger partial charge is 0.453 e. The molecule has 0 aliphatic carbocycles. The van der Waals surface area contributed by atoms with Crippen LogP contribution in [0.15, 0.2) is 31.9 Å². The first-order valence-corrected chi connectivity index (χ1v) is 11.6. The molecule has 0 aromatic carbocycles. The third-order valence-electron chi connectivity index (χ3n) is 6.42. The Morgan fingerprint density at radius 1 is 1.31 bits per heavy atom. The van der Waals surface area contributed by atoms with Crippen molar-refractivity contribution in [3.05, 3.63) is 50.9 Å². The van der Waals surface area contributed by atoms with Gasteiger partial charge < -0.3 is 28.7 Å². The number of esters is 1. The number of rotatable bonds is 7. The van der Waals surface area contributed by atoms with Gasteiger partial charge in [-0.15, -0.1) is 11.3 Å². The lowest BCUT2D eigenvalue weighted by atomic mass is 9.77. The van der Waals surface area contributed by atoms with Crippen molar-refractivity contribution in [3.8, 4) is 0 Å². The van der Waals surface area contributed by atoms with Gasteiger partial charge in [0.05, 0.1) is 22.9 Å². The first kappa shape index (κ1) is 23.2. The fourth-order valence-corrected chi connectivity index (χ4v) is 6.01. The van der Waals surface area contributed by atoms with Gasteiger partial charge in [0.2, 0.25) is 11.7 Å². The van der Waals surface area contributed by atoms with Gasteiger partial charge in [0, 0.05) is 17.7 Å². The molecule has 0 unspecified atom stereocenters. The standard InChI is InChI=1S/C22H21N3O9S/c1-8-14(13-4-24-7-23-16(11(28)5-26)20(24)35-13)18(25-17(8)15(9(2)27)19(25)29)21(30)32-6-12-10(3)33-22(31)34-12/h4,7-9,15,17,26-27H,5-6H2,1-3H3/t8-,9+,15+,17+/m0/s1. The second kappa shape index (κ2) is 8.29. The lowest BCUT2D eigenvalue weighted by molar-refractivity contribution is -0.164. The fraction of sp³-hybridized carbons (Fsp3) is 0.409. The molecular weight excluding hydrogens is 482 g/mol. The third-order valence-corrected chi connectivity index (χ3v) is 7.56. The molecule has 35 heavy (non-hydrogen) atoms. The van der Waals surface area contributed by atoms with Crippen LogP contribution in [0.25, 0.3) is 10.4 Å². The van der Waals surface area contributed by atoms with E-state index in [2.05, 4.69) is 4.98 Å². The number of aryl methyl sites for hydroxylation is 1. The van der Waals surface area contributed by atoms with Gasteiger partial charge in [-0.2, -0.15) is 0 Å². The monoisotopic (exact) mass is 503 g/mol. The summed E-state index contributed by atoms with van der Waals surface area (Å²) in [6.07, 6.45) is 2.20. The number of hydrogen-bond donors (Lipinski definition) is 2. The molecule has 4 atom stereocenters. The predicted molar refractivity (Wildman–Crippen MR) is 118 cm³/mol. The van der Waals surface area contributed by atoms with E-state index in [1.54, 1.807) is 10.6 Å². The van der Waals surface area contributed by atoms with Crippen molar-refractivity contribution in [2.75, 3.05) is 6.61 Å². The summed E-state index contributed by atoms with van der Waals surface area (Å²) in [5, 5.41) is 19.4. The van der Waals surface area contributed by atoms with E-state index in [4.69, 9.17) is 13.6 Å². The van der Waals surface area contributed by atoms with E-state index in [0.717, 1.165) is 0 Å². The maximum Gasteiger partial charge on any atom is 0.519 e. The van der Waals surface area contributed by atoms with Crippen molar-refractivity contribution in [1.29, 1.82) is 0 Å². The number of aromatic nitrogens is 2. The van der Waals surface area contributed by atoms with Gasteiger partial charge in [0.1, 0.15) is 29.2 Å². The number of imidazole rings is 1. The van der Waals surface area contributed by atoms with E-state index in [1.165, 1.54) is 36.4 Å². The summed E-state index contributed by atoms with van der Waals surface area (Å²) in [6, 6.07) is -0.452. The predicted octanol–water partition coefficient (Wildman–Crippen LogP) is 0.737. The lowest BCUT2D eigenvalue weighted by Gasteiger charge is -2.46. The summed E-state index contributed by atoms with van der Waals surface area (Å²) in [5.41, 5.74) is 0.657. The Morgan fingerprint density at radius 3 is 2.69 bits per heavy atom. The molecule has 1 fully saturated rings. The number of nitrogens with zero attached hydrogens (tertiary/aromatic N) is 3. The van der Waals surface area contributed by atoms with Gasteiger partial charge in [0.15, 0.2) is 18.1 Å². The van der Waals surface area contributed by atoms with Crippen LogP contribution in [0.1, 0.15) is 40.7 Å². The number of thiazole rings is 1. The van der Waals surface area contributed by atoms with Crippen LogP contribution in [-0.2, 0) is 20.9 Å². The zero-order valence-corrected chi connectivity index (χ0v) is 19.7. The Kier molecular flexibility index (Phi) is 5.49. The molecule has 184 valence electrons. The molecule has 3 aromatic heterocycles. The van der Waals surface area contributed by atoms with Crippen LogP contribution in [0.4, 0.5) is 0 Å². The zero-order valence-electron chi connectivity index (χ0n) is 18.9. The molecule has 0 spiro atoms. The number of carbonyl (C=O) groups is 3. The van der Waals surface area contributed by atoms with Crippen LogP contribution in [-0.4, -0.2) is 60.9 Å². The molecule has 1 saturated heterocycles. The van der Waals surface area contributed by atoms with E-state index in [1.807, 2.05) is 6.92 Å². The second-order valence-corrected chi connectivity index (χ2v) is 9.54. The van der Waals surface area contributed by atoms with Gasteiger partial charge >= 0.3 is 11.8 Å². The number of amides is 1. The van der Waals surface area contributed by atoms with Crippen LogP contribution in [0.3, 0.4) is 0 Å². The van der Waals surface area contributed by atoms with E-state index in [9.17, 15) is 29.4 Å². The largest absolute Gasteiger partial charge is 0.519 e. The average molecular weight is 503 g/mol. The first-order valence-electron chi connectivity index (χ1n) is 10.8. The van der Waals surface area contributed by atoms with Crippen LogP contribution in [0, 0.1) is 18.8 Å². The highest BCUT2D eigenvalue weighted by Gasteiger charge is 2.60. The van der Waals surface area contributed by atoms with Gasteiger partial charge in [0.25, 0.3) is 0 Å². The molecule has 2 aliphatic rings. The molecule has 5 rings (SSSR count). The molecule has 2 aliphatic heterocycles. The highest BCUT2D eigenvalue weighted by Crippen LogP contribution is 2.51. The molecule has 0 radical (unpaired) electrons. The van der Waals surface area contributed by atoms with E-state index >= 15 is 0 Å². The summed E-state index contributed by atoms with van der Waals surface area (Å²) >= 11 is 1.19. The summed E-state index contributed by atoms with van der Waals surface area (Å²) in [6.45, 7) is 3.80.